The Morgan fingerprint density at radius 2 is 1.55 bits per heavy atom. The minimum Gasteiger partial charge on any atom is -0.493 e. The molecule has 4 rings (SSSR count). The molecule has 0 radical (unpaired) electrons. The topological polar surface area (TPSA) is 67.9 Å². The number of hydrogen-bond acceptors (Lipinski definition) is 5. The third kappa shape index (κ3) is 4.32. The lowest BCUT2D eigenvalue weighted by atomic mass is 10.0. The summed E-state index contributed by atoms with van der Waals surface area (Å²) in [6, 6.07) is 20.6. The normalized spacial score (nSPS) is 13.5. The van der Waals surface area contributed by atoms with E-state index in [0.717, 1.165) is 22.4 Å². The molecule has 0 atom stereocenters. The van der Waals surface area contributed by atoms with Crippen molar-refractivity contribution in [1.82, 2.24) is 4.90 Å². The minimum absolute atomic E-state index is 0.117. The number of amides is 2. The summed E-state index contributed by atoms with van der Waals surface area (Å²) in [5.41, 5.74) is 4.94. The Bertz CT molecular complexity index is 1250. The van der Waals surface area contributed by atoms with E-state index in [9.17, 15) is 9.59 Å². The van der Waals surface area contributed by atoms with Gasteiger partial charge in [0.05, 0.1) is 26.3 Å². The summed E-state index contributed by atoms with van der Waals surface area (Å²) in [5, 5.41) is 3.26. The third-order valence-corrected chi connectivity index (χ3v) is 5.67. The summed E-state index contributed by atoms with van der Waals surface area (Å²) in [6.07, 6.45) is 0. The van der Waals surface area contributed by atoms with Gasteiger partial charge in [0, 0.05) is 5.69 Å². The van der Waals surface area contributed by atoms with Crippen molar-refractivity contribution in [3.05, 3.63) is 94.7 Å². The highest BCUT2D eigenvalue weighted by atomic mass is 16.5. The lowest BCUT2D eigenvalue weighted by Crippen LogP contribution is -2.32. The molecule has 6 nitrogen and oxygen atoms in total. The van der Waals surface area contributed by atoms with Gasteiger partial charge in [0.25, 0.3) is 11.8 Å². The largest absolute Gasteiger partial charge is 0.493 e. The number of imide groups is 1. The van der Waals surface area contributed by atoms with Crippen LogP contribution in [0.25, 0.3) is 5.57 Å². The van der Waals surface area contributed by atoms with Gasteiger partial charge in [-0.2, -0.15) is 0 Å². The number of nitrogens with one attached hydrogen (secondary N) is 1. The van der Waals surface area contributed by atoms with Crippen molar-refractivity contribution in [3.8, 4) is 11.5 Å². The number of rotatable bonds is 7. The summed E-state index contributed by atoms with van der Waals surface area (Å²) in [5.74, 6) is 0.420. The smallest absolute Gasteiger partial charge is 0.278 e. The average Bonchev–Trinajstić information content (AvgIpc) is 3.06. The highest BCUT2D eigenvalue weighted by Crippen LogP contribution is 2.34. The maximum Gasteiger partial charge on any atom is 0.278 e. The fourth-order valence-corrected chi connectivity index (χ4v) is 3.87. The van der Waals surface area contributed by atoms with Crippen LogP contribution in [-0.2, 0) is 16.1 Å². The molecule has 1 N–H and O–H groups in total. The van der Waals surface area contributed by atoms with Crippen molar-refractivity contribution in [2.45, 2.75) is 20.4 Å². The second-order valence-corrected chi connectivity index (χ2v) is 7.95. The summed E-state index contributed by atoms with van der Waals surface area (Å²) < 4.78 is 10.7. The molecule has 0 unspecified atom stereocenters. The summed E-state index contributed by atoms with van der Waals surface area (Å²) in [4.78, 5) is 28.3. The van der Waals surface area contributed by atoms with E-state index in [1.165, 1.54) is 4.90 Å². The molecule has 1 aliphatic rings. The van der Waals surface area contributed by atoms with E-state index in [0.29, 0.717) is 22.6 Å². The Morgan fingerprint density at radius 3 is 2.24 bits per heavy atom. The van der Waals surface area contributed by atoms with E-state index >= 15 is 0 Å². The molecule has 0 aliphatic carbocycles. The van der Waals surface area contributed by atoms with Crippen LogP contribution in [0.3, 0.4) is 0 Å². The molecule has 3 aromatic rings. The minimum atomic E-state index is -0.366. The molecule has 0 saturated carbocycles. The quantitative estimate of drug-likeness (QED) is 0.537. The van der Waals surface area contributed by atoms with E-state index < -0.39 is 0 Å². The molecule has 0 aromatic heterocycles. The number of aryl methyl sites for hydroxylation is 2. The van der Waals surface area contributed by atoms with E-state index in [1.807, 2.05) is 68.4 Å². The van der Waals surface area contributed by atoms with Crippen LogP contribution in [0.2, 0.25) is 0 Å². The second kappa shape index (κ2) is 9.20. The number of methoxy groups -OCH3 is 2. The third-order valence-electron chi connectivity index (χ3n) is 5.67. The molecule has 0 bridgehead atoms. The van der Waals surface area contributed by atoms with Crippen LogP contribution in [-0.4, -0.2) is 30.9 Å². The summed E-state index contributed by atoms with van der Waals surface area (Å²) in [7, 11) is 3.11. The fraction of sp³-hybridized carbons (Fsp3) is 0.185. The lowest BCUT2D eigenvalue weighted by Gasteiger charge is -2.17. The highest BCUT2D eigenvalue weighted by molar-refractivity contribution is 6.36. The Kier molecular flexibility index (Phi) is 6.18. The molecular formula is C27H26N2O4. The van der Waals surface area contributed by atoms with Crippen LogP contribution >= 0.6 is 0 Å². The van der Waals surface area contributed by atoms with Crippen molar-refractivity contribution in [3.63, 3.8) is 0 Å². The van der Waals surface area contributed by atoms with Crippen LogP contribution in [0.15, 0.2) is 72.4 Å². The molecule has 6 heteroatoms. The number of nitrogens with zero attached hydrogens (tertiary/aromatic N) is 1. The lowest BCUT2D eigenvalue weighted by molar-refractivity contribution is -0.137. The average molecular weight is 443 g/mol. The molecule has 168 valence electrons. The van der Waals surface area contributed by atoms with Crippen LogP contribution in [0.4, 0.5) is 5.69 Å². The number of benzene rings is 3. The maximum atomic E-state index is 13.5. The molecular weight excluding hydrogens is 416 g/mol. The van der Waals surface area contributed by atoms with Crippen molar-refractivity contribution in [2.75, 3.05) is 19.5 Å². The first kappa shape index (κ1) is 22.1. The van der Waals surface area contributed by atoms with Gasteiger partial charge in [-0.05, 0) is 54.3 Å². The van der Waals surface area contributed by atoms with Gasteiger partial charge in [-0.25, -0.2) is 0 Å². The first-order valence-corrected chi connectivity index (χ1v) is 10.6. The number of ether oxygens (including phenoxy) is 2. The van der Waals surface area contributed by atoms with Crippen LogP contribution < -0.4 is 14.8 Å². The summed E-state index contributed by atoms with van der Waals surface area (Å²) in [6.45, 7) is 4.07. The van der Waals surface area contributed by atoms with E-state index in [2.05, 4.69) is 5.32 Å². The predicted molar refractivity (Wildman–Crippen MR) is 128 cm³/mol. The zero-order chi connectivity index (χ0) is 23.5. The van der Waals surface area contributed by atoms with Gasteiger partial charge in [0.15, 0.2) is 11.5 Å². The second-order valence-electron chi connectivity index (χ2n) is 7.95. The summed E-state index contributed by atoms with van der Waals surface area (Å²) >= 11 is 0. The number of hydrogen-bond donors (Lipinski definition) is 1. The standard InChI is InChI=1S/C27H26N2O4/c1-17-10-11-18(2)21(14-17)28-25-24(20-8-6-5-7-9-20)26(30)29(27(25)31)16-19-12-13-22(32-3)23(15-19)33-4/h5-15,28H,16H2,1-4H3. The number of carbonyl (C=O) groups excluding carboxylic acids is 2. The van der Waals surface area contributed by atoms with Crippen molar-refractivity contribution in [2.24, 2.45) is 0 Å². The van der Waals surface area contributed by atoms with Gasteiger partial charge >= 0.3 is 0 Å². The zero-order valence-corrected chi connectivity index (χ0v) is 19.1. The molecule has 1 aliphatic heterocycles. The predicted octanol–water partition coefficient (Wildman–Crippen LogP) is 4.71. The first-order chi connectivity index (χ1) is 15.9. The van der Waals surface area contributed by atoms with Gasteiger partial charge in [0.2, 0.25) is 0 Å². The first-order valence-electron chi connectivity index (χ1n) is 10.6. The van der Waals surface area contributed by atoms with Gasteiger partial charge in [-0.15, -0.1) is 0 Å². The van der Waals surface area contributed by atoms with Gasteiger partial charge in [-0.3, -0.25) is 14.5 Å². The Hall–Kier alpha value is -4.06. The van der Waals surface area contributed by atoms with Gasteiger partial charge in [0.1, 0.15) is 5.70 Å². The van der Waals surface area contributed by atoms with Crippen LogP contribution in [0, 0.1) is 13.8 Å². The van der Waals surface area contributed by atoms with Gasteiger partial charge in [-0.1, -0.05) is 48.5 Å². The molecule has 2 amide bonds. The van der Waals surface area contributed by atoms with E-state index in [-0.39, 0.29) is 24.1 Å². The Morgan fingerprint density at radius 1 is 0.818 bits per heavy atom. The van der Waals surface area contributed by atoms with Crippen molar-refractivity contribution < 1.29 is 19.1 Å². The molecule has 33 heavy (non-hydrogen) atoms. The SMILES string of the molecule is COc1ccc(CN2C(=O)C(Nc3cc(C)ccc3C)=C(c3ccccc3)C2=O)cc1OC. The Balaban J connectivity index is 1.73. The Labute approximate surface area is 193 Å². The van der Waals surface area contributed by atoms with Crippen LogP contribution in [0.1, 0.15) is 22.3 Å². The zero-order valence-electron chi connectivity index (χ0n) is 19.1. The maximum absolute atomic E-state index is 13.5. The van der Waals surface area contributed by atoms with Crippen LogP contribution in [0.5, 0.6) is 11.5 Å². The van der Waals surface area contributed by atoms with E-state index in [4.69, 9.17) is 9.47 Å². The highest BCUT2D eigenvalue weighted by Gasteiger charge is 2.39. The molecule has 0 spiro atoms. The number of carbonyl (C=O) groups is 2. The van der Waals surface area contributed by atoms with Crippen molar-refractivity contribution >= 4 is 23.1 Å². The molecule has 1 heterocycles. The van der Waals surface area contributed by atoms with Gasteiger partial charge < -0.3 is 14.8 Å². The fourth-order valence-electron chi connectivity index (χ4n) is 3.87. The molecule has 3 aromatic carbocycles. The molecule has 0 fully saturated rings. The van der Waals surface area contributed by atoms with E-state index in [1.54, 1.807) is 26.4 Å². The number of anilines is 1. The monoisotopic (exact) mass is 442 g/mol. The molecule has 0 saturated heterocycles. The van der Waals surface area contributed by atoms with Crippen molar-refractivity contribution in [1.29, 1.82) is 0 Å².